The lowest BCUT2D eigenvalue weighted by Crippen LogP contribution is -2.39. The molecule has 1 aromatic carbocycles. The number of carbonyl (C=O) groups excluding carboxylic acids is 2. The number of benzene rings is 1. The van der Waals surface area contributed by atoms with Gasteiger partial charge >= 0.3 is 0 Å². The Balaban J connectivity index is 0.000000648. The van der Waals surface area contributed by atoms with E-state index in [2.05, 4.69) is 42.5 Å². The van der Waals surface area contributed by atoms with Crippen molar-refractivity contribution in [2.75, 3.05) is 59.9 Å². The standard InChI is InChI=1S/C21H28Cl2N4O3.C6H10.C5H10/c1-24-6-3-7-26(9-8-24)10-11-27-14-16(19(28)21(27)30)20(29)25(2)13-15-4-5-17(22)18(23)12-15;1-4-5-6(2)3;1-3-5-4-2/h4-5,12,28H,3,6-11,13-14H2,1-2H3;4-5H,1H2,2-3H3;3,5H,4H2,1-2H3/b;;5-3-. The minimum Gasteiger partial charge on any atom is -0.503 e. The van der Waals surface area contributed by atoms with Crippen LogP contribution >= 0.6 is 23.2 Å². The Hall–Kier alpha value is -2.58. The van der Waals surface area contributed by atoms with Gasteiger partial charge in [-0.3, -0.25) is 9.59 Å². The molecule has 9 heteroatoms. The van der Waals surface area contributed by atoms with Crippen LogP contribution < -0.4 is 0 Å². The van der Waals surface area contributed by atoms with E-state index in [4.69, 9.17) is 23.2 Å². The van der Waals surface area contributed by atoms with Crippen molar-refractivity contribution in [3.8, 4) is 0 Å². The lowest BCUT2D eigenvalue weighted by molar-refractivity contribution is -0.128. The number of rotatable bonds is 8. The van der Waals surface area contributed by atoms with Crippen LogP contribution in [0.1, 0.15) is 46.1 Å². The van der Waals surface area contributed by atoms with Crippen LogP contribution in [0, 0.1) is 0 Å². The van der Waals surface area contributed by atoms with E-state index < -0.39 is 11.7 Å². The molecule has 7 nitrogen and oxygen atoms in total. The molecule has 2 aliphatic heterocycles. The van der Waals surface area contributed by atoms with E-state index >= 15 is 0 Å². The summed E-state index contributed by atoms with van der Waals surface area (Å²) in [4.78, 5) is 32.9. The van der Waals surface area contributed by atoms with E-state index in [9.17, 15) is 14.7 Å². The third-order valence-corrected chi connectivity index (χ3v) is 7.29. The Kier molecular flexibility index (Phi) is 17.4. The van der Waals surface area contributed by atoms with Gasteiger partial charge in [-0.2, -0.15) is 0 Å². The highest BCUT2D eigenvalue weighted by atomic mass is 35.5. The maximum atomic E-state index is 12.8. The van der Waals surface area contributed by atoms with Gasteiger partial charge in [-0.15, -0.1) is 0 Å². The maximum absolute atomic E-state index is 12.8. The second-order valence-corrected chi connectivity index (χ2v) is 11.2. The van der Waals surface area contributed by atoms with E-state index in [1.165, 1.54) is 10.5 Å². The summed E-state index contributed by atoms with van der Waals surface area (Å²) in [6, 6.07) is 5.17. The van der Waals surface area contributed by atoms with Crippen LogP contribution in [0.5, 0.6) is 0 Å². The number of halogens is 2. The predicted molar refractivity (Wildman–Crippen MR) is 172 cm³/mol. The fraction of sp³-hybridized carbons (Fsp3) is 0.500. The Morgan fingerprint density at radius 2 is 1.83 bits per heavy atom. The van der Waals surface area contributed by atoms with Gasteiger partial charge in [-0.05, 0) is 71.4 Å². The molecular formula is C32H48Cl2N4O3. The average Bonchev–Trinajstić information content (AvgIpc) is 3.06. The van der Waals surface area contributed by atoms with Crippen molar-refractivity contribution in [2.45, 2.75) is 47.1 Å². The van der Waals surface area contributed by atoms with Gasteiger partial charge in [0.15, 0.2) is 5.76 Å². The third-order valence-electron chi connectivity index (χ3n) is 6.55. The summed E-state index contributed by atoms with van der Waals surface area (Å²) in [6.07, 6.45) is 10.2. The van der Waals surface area contributed by atoms with Gasteiger partial charge < -0.3 is 24.7 Å². The number of allylic oxidation sites excluding steroid dienone is 5. The molecule has 41 heavy (non-hydrogen) atoms. The topological polar surface area (TPSA) is 67.3 Å². The van der Waals surface area contributed by atoms with Crippen LogP contribution in [0.3, 0.4) is 0 Å². The zero-order valence-corrected chi connectivity index (χ0v) is 27.1. The second kappa shape index (κ2) is 19.5. The molecule has 0 radical (unpaired) electrons. The summed E-state index contributed by atoms with van der Waals surface area (Å²) in [6.45, 7) is 17.4. The van der Waals surface area contributed by atoms with Gasteiger partial charge in [-0.25, -0.2) is 0 Å². The summed E-state index contributed by atoms with van der Waals surface area (Å²) in [5.74, 6) is -1.30. The monoisotopic (exact) mass is 606 g/mol. The van der Waals surface area contributed by atoms with Crippen molar-refractivity contribution >= 4 is 35.0 Å². The first-order chi connectivity index (χ1) is 19.4. The third kappa shape index (κ3) is 13.3. The Bertz CT molecular complexity index is 1100. The molecule has 2 amide bonds. The summed E-state index contributed by atoms with van der Waals surface area (Å²) in [5, 5.41) is 11.2. The minimum absolute atomic E-state index is 0.128. The molecule has 1 aromatic rings. The van der Waals surface area contributed by atoms with Gasteiger partial charge in [0.1, 0.15) is 0 Å². The van der Waals surface area contributed by atoms with Crippen LogP contribution in [-0.4, -0.2) is 96.4 Å². The summed E-state index contributed by atoms with van der Waals surface area (Å²) in [5.41, 5.74) is 2.25. The molecule has 0 spiro atoms. The van der Waals surface area contributed by atoms with E-state index in [0.717, 1.165) is 51.1 Å². The van der Waals surface area contributed by atoms with E-state index in [1.54, 1.807) is 36.2 Å². The molecular weight excluding hydrogens is 559 g/mol. The number of likely N-dealkylation sites (N-methyl/N-ethyl adjacent to an activating group) is 2. The molecule has 0 atom stereocenters. The molecule has 0 bridgehead atoms. The molecule has 2 heterocycles. The first-order valence-corrected chi connectivity index (χ1v) is 14.9. The van der Waals surface area contributed by atoms with Crippen LogP contribution in [0.2, 0.25) is 10.0 Å². The van der Waals surface area contributed by atoms with E-state index in [1.807, 2.05) is 26.8 Å². The number of aliphatic hydroxyl groups is 1. The number of nitrogens with zero attached hydrogens (tertiary/aromatic N) is 4. The fourth-order valence-corrected chi connectivity index (χ4v) is 4.56. The molecule has 0 saturated carbocycles. The van der Waals surface area contributed by atoms with Crippen molar-refractivity contribution in [3.05, 3.63) is 81.6 Å². The average molecular weight is 608 g/mol. The SMILES string of the molecule is C/C=C\CC.C=CC=C(C)C.CN1CCCN(CCN2CC(C(=O)N(C)Cc3ccc(Cl)c(Cl)c3)=C(O)C2=O)CC1. The fourth-order valence-electron chi connectivity index (χ4n) is 4.24. The number of amides is 2. The van der Waals surface area contributed by atoms with Gasteiger partial charge in [0.05, 0.1) is 22.2 Å². The number of hydrogen-bond donors (Lipinski definition) is 1. The number of aliphatic hydroxyl groups excluding tert-OH is 1. The van der Waals surface area contributed by atoms with Crippen LogP contribution in [0.4, 0.5) is 0 Å². The molecule has 1 fully saturated rings. The lowest BCUT2D eigenvalue weighted by atomic mass is 10.2. The van der Waals surface area contributed by atoms with Crippen molar-refractivity contribution in [1.82, 2.24) is 19.6 Å². The lowest BCUT2D eigenvalue weighted by Gasteiger charge is -2.24. The van der Waals surface area contributed by atoms with E-state index in [0.29, 0.717) is 23.1 Å². The van der Waals surface area contributed by atoms with Crippen molar-refractivity contribution in [2.24, 2.45) is 0 Å². The molecule has 2 aliphatic rings. The molecule has 0 aromatic heterocycles. The number of hydrogen-bond acceptors (Lipinski definition) is 5. The van der Waals surface area contributed by atoms with Crippen LogP contribution in [-0.2, 0) is 16.1 Å². The summed E-state index contributed by atoms with van der Waals surface area (Å²) >= 11 is 12.0. The minimum atomic E-state index is -0.478. The molecule has 1 saturated heterocycles. The smallest absolute Gasteiger partial charge is 0.289 e. The first-order valence-electron chi connectivity index (χ1n) is 14.1. The second-order valence-electron chi connectivity index (χ2n) is 10.4. The highest BCUT2D eigenvalue weighted by Gasteiger charge is 2.35. The number of carbonyl (C=O) groups is 2. The van der Waals surface area contributed by atoms with Gasteiger partial charge in [0, 0.05) is 39.8 Å². The molecule has 0 unspecified atom stereocenters. The van der Waals surface area contributed by atoms with Crippen molar-refractivity contribution in [3.63, 3.8) is 0 Å². The van der Waals surface area contributed by atoms with Gasteiger partial charge in [0.25, 0.3) is 11.8 Å². The normalized spacial score (nSPS) is 16.0. The van der Waals surface area contributed by atoms with Gasteiger partial charge in [0.2, 0.25) is 0 Å². The zero-order chi connectivity index (χ0) is 30.9. The molecule has 1 N–H and O–H groups in total. The Morgan fingerprint density at radius 1 is 1.12 bits per heavy atom. The van der Waals surface area contributed by atoms with E-state index in [-0.39, 0.29) is 18.0 Å². The van der Waals surface area contributed by atoms with Crippen LogP contribution in [0.15, 0.2) is 66.0 Å². The van der Waals surface area contributed by atoms with Crippen LogP contribution in [0.25, 0.3) is 0 Å². The maximum Gasteiger partial charge on any atom is 0.289 e. The zero-order valence-electron chi connectivity index (χ0n) is 25.6. The summed E-state index contributed by atoms with van der Waals surface area (Å²) < 4.78 is 0. The highest BCUT2D eigenvalue weighted by molar-refractivity contribution is 6.42. The quantitative estimate of drug-likeness (QED) is 0.276. The van der Waals surface area contributed by atoms with Gasteiger partial charge in [-0.1, -0.05) is 72.6 Å². The molecule has 3 rings (SSSR count). The molecule has 228 valence electrons. The Labute approximate surface area is 257 Å². The largest absolute Gasteiger partial charge is 0.503 e. The highest BCUT2D eigenvalue weighted by Crippen LogP contribution is 2.24. The Morgan fingerprint density at radius 3 is 2.37 bits per heavy atom. The molecule has 0 aliphatic carbocycles. The van der Waals surface area contributed by atoms with Crippen molar-refractivity contribution < 1.29 is 14.7 Å². The predicted octanol–water partition coefficient (Wildman–Crippen LogP) is 6.35. The van der Waals surface area contributed by atoms with Crippen molar-refractivity contribution in [1.29, 1.82) is 0 Å². The summed E-state index contributed by atoms with van der Waals surface area (Å²) in [7, 11) is 3.74. The first kappa shape index (κ1) is 36.4.